The average molecular weight is 268 g/mol. The molecule has 2 heterocycles. The van der Waals surface area contributed by atoms with Crippen LogP contribution in [0.1, 0.15) is 30.4 Å². The van der Waals surface area contributed by atoms with Crippen molar-refractivity contribution in [1.29, 1.82) is 0 Å². The number of carbonyl (C=O) groups excluding carboxylic acids is 1. The largest absolute Gasteiger partial charge is 0.388 e. The van der Waals surface area contributed by atoms with E-state index in [1.54, 1.807) is 25.7 Å². The van der Waals surface area contributed by atoms with Crippen molar-refractivity contribution in [2.45, 2.75) is 45.3 Å². The van der Waals surface area contributed by atoms with Crippen molar-refractivity contribution in [3.63, 3.8) is 0 Å². The molecule has 2 atom stereocenters. The van der Waals surface area contributed by atoms with E-state index in [1.165, 1.54) is 0 Å². The molecule has 6 heteroatoms. The standard InChI is InChI=1S/C13H20N2O4/c1-8-10(9(2)19-14-8)6-12(17)15-5-4-13(3,18)11(16)7-15/h11,16,18H,4-7H2,1-3H3. The van der Waals surface area contributed by atoms with Gasteiger partial charge in [-0.1, -0.05) is 5.16 Å². The van der Waals surface area contributed by atoms with Crippen LogP contribution in [-0.2, 0) is 11.2 Å². The Kier molecular flexibility index (Phi) is 3.64. The number of amides is 1. The van der Waals surface area contributed by atoms with Crippen molar-refractivity contribution >= 4 is 5.91 Å². The zero-order valence-corrected chi connectivity index (χ0v) is 11.5. The van der Waals surface area contributed by atoms with E-state index in [9.17, 15) is 15.0 Å². The lowest BCUT2D eigenvalue weighted by Gasteiger charge is -2.39. The molecule has 1 saturated heterocycles. The first-order chi connectivity index (χ1) is 8.81. The van der Waals surface area contributed by atoms with Crippen LogP contribution < -0.4 is 0 Å². The number of aliphatic hydroxyl groups excluding tert-OH is 1. The second-order valence-electron chi connectivity index (χ2n) is 5.44. The van der Waals surface area contributed by atoms with Gasteiger partial charge in [0.1, 0.15) is 5.76 Å². The predicted octanol–water partition coefficient (Wildman–Crippen LogP) is 0.178. The Morgan fingerprint density at radius 3 is 2.79 bits per heavy atom. The molecule has 1 aromatic heterocycles. The van der Waals surface area contributed by atoms with Crippen LogP contribution in [0.5, 0.6) is 0 Å². The van der Waals surface area contributed by atoms with Crippen LogP contribution in [0.15, 0.2) is 4.52 Å². The van der Waals surface area contributed by atoms with Gasteiger partial charge < -0.3 is 19.6 Å². The fourth-order valence-electron chi connectivity index (χ4n) is 2.27. The van der Waals surface area contributed by atoms with Gasteiger partial charge in [-0.3, -0.25) is 4.79 Å². The summed E-state index contributed by atoms with van der Waals surface area (Å²) in [5.41, 5.74) is 0.409. The summed E-state index contributed by atoms with van der Waals surface area (Å²) in [5, 5.41) is 23.5. The van der Waals surface area contributed by atoms with Crippen molar-refractivity contribution in [2.24, 2.45) is 0 Å². The highest BCUT2D eigenvalue weighted by Crippen LogP contribution is 2.23. The number of aliphatic hydroxyl groups is 2. The molecule has 1 aliphatic heterocycles. The molecule has 0 bridgehead atoms. The van der Waals surface area contributed by atoms with E-state index >= 15 is 0 Å². The topological polar surface area (TPSA) is 86.8 Å². The van der Waals surface area contributed by atoms with Crippen LogP contribution in [-0.4, -0.2) is 51.0 Å². The Labute approximate surface area is 112 Å². The predicted molar refractivity (Wildman–Crippen MR) is 67.5 cm³/mol. The summed E-state index contributed by atoms with van der Waals surface area (Å²) >= 11 is 0. The number of rotatable bonds is 2. The zero-order chi connectivity index (χ0) is 14.2. The maximum atomic E-state index is 12.2. The van der Waals surface area contributed by atoms with Crippen LogP contribution in [0.3, 0.4) is 0 Å². The number of aryl methyl sites for hydroxylation is 2. The Bertz CT molecular complexity index is 461. The SMILES string of the molecule is Cc1noc(C)c1CC(=O)N1CCC(C)(O)C(O)C1. The van der Waals surface area contributed by atoms with Gasteiger partial charge in [-0.05, 0) is 27.2 Å². The summed E-state index contributed by atoms with van der Waals surface area (Å²) in [7, 11) is 0. The van der Waals surface area contributed by atoms with Gasteiger partial charge in [0.05, 0.1) is 23.8 Å². The lowest BCUT2D eigenvalue weighted by atomic mass is 9.90. The van der Waals surface area contributed by atoms with Gasteiger partial charge in [0, 0.05) is 18.7 Å². The molecule has 1 aromatic rings. The fraction of sp³-hybridized carbons (Fsp3) is 0.692. The molecule has 0 radical (unpaired) electrons. The van der Waals surface area contributed by atoms with E-state index in [1.807, 2.05) is 0 Å². The van der Waals surface area contributed by atoms with E-state index in [0.717, 1.165) is 11.3 Å². The second-order valence-corrected chi connectivity index (χ2v) is 5.44. The Morgan fingerprint density at radius 1 is 1.58 bits per heavy atom. The van der Waals surface area contributed by atoms with E-state index in [2.05, 4.69) is 5.16 Å². The molecule has 6 nitrogen and oxygen atoms in total. The Hall–Kier alpha value is -1.40. The number of likely N-dealkylation sites (tertiary alicyclic amines) is 1. The van der Waals surface area contributed by atoms with E-state index in [4.69, 9.17) is 4.52 Å². The average Bonchev–Trinajstić information content (AvgIpc) is 2.64. The van der Waals surface area contributed by atoms with E-state index in [-0.39, 0.29) is 18.9 Å². The first-order valence-electron chi connectivity index (χ1n) is 6.41. The molecular formula is C13H20N2O4. The van der Waals surface area contributed by atoms with Crippen LogP contribution >= 0.6 is 0 Å². The monoisotopic (exact) mass is 268 g/mol. The molecule has 2 N–H and O–H groups in total. The third-order valence-corrected chi connectivity index (χ3v) is 3.86. The summed E-state index contributed by atoms with van der Waals surface area (Å²) in [6.45, 7) is 5.78. The van der Waals surface area contributed by atoms with Gasteiger partial charge in [0.2, 0.25) is 5.91 Å². The molecule has 106 valence electrons. The highest BCUT2D eigenvalue weighted by Gasteiger charge is 2.37. The molecule has 0 saturated carbocycles. The summed E-state index contributed by atoms with van der Waals surface area (Å²) in [5.74, 6) is 0.569. The lowest BCUT2D eigenvalue weighted by Crippen LogP contribution is -2.55. The van der Waals surface area contributed by atoms with Gasteiger partial charge in [-0.2, -0.15) is 0 Å². The van der Waals surface area contributed by atoms with Crippen molar-refractivity contribution in [3.8, 4) is 0 Å². The highest BCUT2D eigenvalue weighted by atomic mass is 16.5. The molecule has 2 unspecified atom stereocenters. The summed E-state index contributed by atoms with van der Waals surface area (Å²) in [4.78, 5) is 13.8. The fourth-order valence-corrected chi connectivity index (χ4v) is 2.27. The normalized spacial score (nSPS) is 27.6. The number of hydrogen-bond donors (Lipinski definition) is 2. The van der Waals surface area contributed by atoms with Gasteiger partial charge in [-0.25, -0.2) is 0 Å². The minimum atomic E-state index is -1.11. The molecule has 1 amide bonds. The number of carbonyl (C=O) groups is 1. The number of aromatic nitrogens is 1. The van der Waals surface area contributed by atoms with Crippen LogP contribution in [0.25, 0.3) is 0 Å². The molecule has 1 fully saturated rings. The van der Waals surface area contributed by atoms with Gasteiger partial charge in [0.15, 0.2) is 0 Å². The summed E-state index contributed by atoms with van der Waals surface area (Å²) in [6, 6.07) is 0. The quantitative estimate of drug-likeness (QED) is 0.799. The van der Waals surface area contributed by atoms with Crippen molar-refractivity contribution in [2.75, 3.05) is 13.1 Å². The minimum Gasteiger partial charge on any atom is -0.388 e. The smallest absolute Gasteiger partial charge is 0.227 e. The molecule has 2 rings (SSSR count). The first kappa shape index (κ1) is 14.0. The Balaban J connectivity index is 2.02. The molecule has 0 spiro atoms. The molecule has 19 heavy (non-hydrogen) atoms. The third-order valence-electron chi connectivity index (χ3n) is 3.86. The first-order valence-corrected chi connectivity index (χ1v) is 6.41. The maximum absolute atomic E-state index is 12.2. The molecular weight excluding hydrogens is 248 g/mol. The van der Waals surface area contributed by atoms with Crippen LogP contribution in [0.4, 0.5) is 0 Å². The number of β-amino-alcohol motifs (C(OH)–C–C–N with tert-alkyl or cyclic N) is 1. The lowest BCUT2D eigenvalue weighted by molar-refractivity contribution is -0.145. The van der Waals surface area contributed by atoms with E-state index in [0.29, 0.717) is 18.7 Å². The van der Waals surface area contributed by atoms with Crippen molar-refractivity contribution in [3.05, 3.63) is 17.0 Å². The molecule has 0 aliphatic carbocycles. The van der Waals surface area contributed by atoms with Crippen LogP contribution in [0.2, 0.25) is 0 Å². The van der Waals surface area contributed by atoms with Crippen LogP contribution in [0, 0.1) is 13.8 Å². The third kappa shape index (κ3) is 2.79. The molecule has 0 aromatic carbocycles. The van der Waals surface area contributed by atoms with E-state index < -0.39 is 11.7 Å². The minimum absolute atomic E-state index is 0.0797. The highest BCUT2D eigenvalue weighted by molar-refractivity contribution is 5.79. The maximum Gasteiger partial charge on any atom is 0.227 e. The number of hydrogen-bond acceptors (Lipinski definition) is 5. The Morgan fingerprint density at radius 2 is 2.26 bits per heavy atom. The second kappa shape index (κ2) is 4.94. The number of piperidine rings is 1. The molecule has 1 aliphatic rings. The zero-order valence-electron chi connectivity index (χ0n) is 11.5. The van der Waals surface area contributed by atoms with Crippen molar-refractivity contribution in [1.82, 2.24) is 10.1 Å². The van der Waals surface area contributed by atoms with Crippen molar-refractivity contribution < 1.29 is 19.5 Å². The number of nitrogens with zero attached hydrogens (tertiary/aromatic N) is 2. The van der Waals surface area contributed by atoms with Gasteiger partial charge in [0.25, 0.3) is 0 Å². The summed E-state index contributed by atoms with van der Waals surface area (Å²) in [6.07, 6.45) is -0.313. The summed E-state index contributed by atoms with van der Waals surface area (Å²) < 4.78 is 5.03. The van der Waals surface area contributed by atoms with Gasteiger partial charge in [-0.15, -0.1) is 0 Å². The van der Waals surface area contributed by atoms with Gasteiger partial charge >= 0.3 is 0 Å².